The van der Waals surface area contributed by atoms with Crippen LogP contribution in [0.15, 0.2) is 23.1 Å². The molecule has 1 amide bonds. The largest absolute Gasteiger partial charge is 0.496 e. The number of carboxylic acid groups (broad SMARTS) is 1. The Bertz CT molecular complexity index is 698. The third-order valence-corrected chi connectivity index (χ3v) is 4.72. The SMILES string of the molecule is CCC(C)C(NC(=O)c1cc(S(C)(=O)=O)ccc1OC)C(=O)O. The lowest BCUT2D eigenvalue weighted by Crippen LogP contribution is -2.45. The Balaban J connectivity index is 3.22. The van der Waals surface area contributed by atoms with Crippen LogP contribution in [0.1, 0.15) is 30.6 Å². The number of rotatable bonds is 7. The number of hydrogen-bond acceptors (Lipinski definition) is 5. The van der Waals surface area contributed by atoms with Crippen LogP contribution in [-0.2, 0) is 14.6 Å². The maximum absolute atomic E-state index is 12.4. The molecule has 128 valence electrons. The van der Waals surface area contributed by atoms with Gasteiger partial charge in [-0.1, -0.05) is 20.3 Å². The lowest BCUT2D eigenvalue weighted by Gasteiger charge is -2.21. The maximum Gasteiger partial charge on any atom is 0.326 e. The van der Waals surface area contributed by atoms with Gasteiger partial charge in [-0.05, 0) is 24.1 Å². The lowest BCUT2D eigenvalue weighted by molar-refractivity contribution is -0.140. The first-order chi connectivity index (χ1) is 10.6. The zero-order valence-corrected chi connectivity index (χ0v) is 14.3. The molecule has 0 saturated carbocycles. The van der Waals surface area contributed by atoms with E-state index in [4.69, 9.17) is 4.74 Å². The van der Waals surface area contributed by atoms with Crippen LogP contribution in [0, 0.1) is 5.92 Å². The highest BCUT2D eigenvalue weighted by atomic mass is 32.2. The molecule has 0 aliphatic rings. The second-order valence-corrected chi connectivity index (χ2v) is 7.32. The monoisotopic (exact) mass is 343 g/mol. The fourth-order valence-corrected chi connectivity index (χ4v) is 2.64. The Kier molecular flexibility index (Phi) is 6.14. The summed E-state index contributed by atoms with van der Waals surface area (Å²) in [6.45, 7) is 3.53. The number of benzene rings is 1. The van der Waals surface area contributed by atoms with Crippen LogP contribution in [0.4, 0.5) is 0 Å². The van der Waals surface area contributed by atoms with E-state index in [0.29, 0.717) is 6.42 Å². The molecule has 1 aromatic rings. The molecule has 2 N–H and O–H groups in total. The number of sulfone groups is 1. The quantitative estimate of drug-likeness (QED) is 0.773. The van der Waals surface area contributed by atoms with Gasteiger partial charge in [-0.2, -0.15) is 0 Å². The van der Waals surface area contributed by atoms with Crippen LogP contribution in [0.2, 0.25) is 0 Å². The summed E-state index contributed by atoms with van der Waals surface area (Å²) in [5, 5.41) is 11.7. The zero-order chi connectivity index (χ0) is 17.8. The summed E-state index contributed by atoms with van der Waals surface area (Å²) < 4.78 is 28.3. The van der Waals surface area contributed by atoms with Crippen LogP contribution < -0.4 is 10.1 Å². The van der Waals surface area contributed by atoms with Gasteiger partial charge in [0.15, 0.2) is 9.84 Å². The van der Waals surface area contributed by atoms with Crippen molar-refractivity contribution in [3.8, 4) is 5.75 Å². The number of amides is 1. The van der Waals surface area contributed by atoms with Crippen molar-refractivity contribution in [3.63, 3.8) is 0 Å². The van der Waals surface area contributed by atoms with E-state index in [2.05, 4.69) is 5.32 Å². The predicted molar refractivity (Wildman–Crippen MR) is 84.4 cm³/mol. The second kappa shape index (κ2) is 7.45. The molecule has 0 aliphatic carbocycles. The van der Waals surface area contributed by atoms with E-state index in [-0.39, 0.29) is 22.1 Å². The summed E-state index contributed by atoms with van der Waals surface area (Å²) in [5.41, 5.74) is -0.0232. The first-order valence-electron chi connectivity index (χ1n) is 7.03. The second-order valence-electron chi connectivity index (χ2n) is 5.31. The molecule has 0 bridgehead atoms. The molecule has 7 nitrogen and oxygen atoms in total. The zero-order valence-electron chi connectivity index (χ0n) is 13.5. The van der Waals surface area contributed by atoms with E-state index in [9.17, 15) is 23.1 Å². The lowest BCUT2D eigenvalue weighted by atomic mass is 9.99. The van der Waals surface area contributed by atoms with Crippen LogP contribution in [0.3, 0.4) is 0 Å². The fraction of sp³-hybridized carbons (Fsp3) is 0.467. The predicted octanol–water partition coefficient (Wildman–Crippen LogP) is 1.33. The number of carboxylic acids is 1. The summed E-state index contributed by atoms with van der Waals surface area (Å²) in [7, 11) is -2.16. The molecule has 1 rings (SSSR count). The third kappa shape index (κ3) is 4.69. The van der Waals surface area contributed by atoms with Crippen molar-refractivity contribution < 1.29 is 27.9 Å². The van der Waals surface area contributed by atoms with Crippen LogP contribution in [0.5, 0.6) is 5.75 Å². The molecule has 0 aliphatic heterocycles. The molecule has 1 aromatic carbocycles. The van der Waals surface area contributed by atoms with Crippen LogP contribution in [0.25, 0.3) is 0 Å². The third-order valence-electron chi connectivity index (χ3n) is 3.61. The van der Waals surface area contributed by atoms with Gasteiger partial charge < -0.3 is 15.2 Å². The molecular formula is C15H21NO6S. The highest BCUT2D eigenvalue weighted by Gasteiger charge is 2.27. The highest BCUT2D eigenvalue weighted by molar-refractivity contribution is 7.90. The molecule has 0 saturated heterocycles. The highest BCUT2D eigenvalue weighted by Crippen LogP contribution is 2.23. The number of ether oxygens (including phenoxy) is 1. The van der Waals surface area contributed by atoms with Crippen LogP contribution >= 0.6 is 0 Å². The number of carbonyl (C=O) groups excluding carboxylic acids is 1. The van der Waals surface area contributed by atoms with E-state index in [1.807, 2.05) is 6.92 Å². The Morgan fingerprint density at radius 3 is 2.39 bits per heavy atom. The molecule has 2 unspecified atom stereocenters. The van der Waals surface area contributed by atoms with E-state index >= 15 is 0 Å². The van der Waals surface area contributed by atoms with Gasteiger partial charge in [-0.3, -0.25) is 4.79 Å². The average molecular weight is 343 g/mol. The number of carbonyl (C=O) groups is 2. The van der Waals surface area contributed by atoms with Gasteiger partial charge >= 0.3 is 5.97 Å². The maximum atomic E-state index is 12.4. The number of aliphatic carboxylic acids is 1. The summed E-state index contributed by atoms with van der Waals surface area (Å²) in [6, 6.07) is 2.80. The summed E-state index contributed by atoms with van der Waals surface area (Å²) >= 11 is 0. The van der Waals surface area contributed by atoms with E-state index in [1.54, 1.807) is 6.92 Å². The Morgan fingerprint density at radius 2 is 1.96 bits per heavy atom. The minimum absolute atomic E-state index is 0.0232. The van der Waals surface area contributed by atoms with Gasteiger partial charge in [0.2, 0.25) is 0 Å². The molecule has 2 atom stereocenters. The van der Waals surface area contributed by atoms with Crippen molar-refractivity contribution >= 4 is 21.7 Å². The summed E-state index contributed by atoms with van der Waals surface area (Å²) in [4.78, 5) is 23.7. The van der Waals surface area contributed by atoms with Crippen molar-refractivity contribution in [2.45, 2.75) is 31.2 Å². The van der Waals surface area contributed by atoms with Gasteiger partial charge in [-0.15, -0.1) is 0 Å². The van der Waals surface area contributed by atoms with Crippen molar-refractivity contribution in [2.75, 3.05) is 13.4 Å². The van der Waals surface area contributed by atoms with E-state index in [0.717, 1.165) is 6.26 Å². The minimum atomic E-state index is -3.50. The minimum Gasteiger partial charge on any atom is -0.496 e. The Labute approximate surface area is 135 Å². The molecule has 0 radical (unpaired) electrons. The number of methoxy groups -OCH3 is 1. The first-order valence-corrected chi connectivity index (χ1v) is 8.92. The standard InChI is InChI=1S/C15H21NO6S/c1-5-9(2)13(15(18)19)16-14(17)11-8-10(23(4,20)21)6-7-12(11)22-3/h6-9,13H,5H2,1-4H3,(H,16,17)(H,18,19). The Morgan fingerprint density at radius 1 is 1.35 bits per heavy atom. The molecule has 8 heteroatoms. The topological polar surface area (TPSA) is 110 Å². The summed E-state index contributed by atoms with van der Waals surface area (Å²) in [5.74, 6) is -1.95. The van der Waals surface area contributed by atoms with Crippen molar-refractivity contribution in [1.82, 2.24) is 5.32 Å². The molecule has 0 heterocycles. The smallest absolute Gasteiger partial charge is 0.326 e. The fourth-order valence-electron chi connectivity index (χ4n) is 2.00. The first kappa shape index (κ1) is 19.0. The van der Waals surface area contributed by atoms with Crippen molar-refractivity contribution in [2.24, 2.45) is 5.92 Å². The van der Waals surface area contributed by atoms with Gasteiger partial charge in [0, 0.05) is 6.26 Å². The van der Waals surface area contributed by atoms with E-state index in [1.165, 1.54) is 25.3 Å². The normalized spacial score (nSPS) is 13.9. The van der Waals surface area contributed by atoms with Gasteiger partial charge in [-0.25, -0.2) is 13.2 Å². The molecule has 0 fully saturated rings. The van der Waals surface area contributed by atoms with Gasteiger partial charge in [0.25, 0.3) is 5.91 Å². The molecule has 0 spiro atoms. The van der Waals surface area contributed by atoms with Gasteiger partial charge in [0.1, 0.15) is 11.8 Å². The number of nitrogens with one attached hydrogen (secondary N) is 1. The number of hydrogen-bond donors (Lipinski definition) is 2. The molecular weight excluding hydrogens is 322 g/mol. The molecule has 23 heavy (non-hydrogen) atoms. The average Bonchev–Trinajstić information content (AvgIpc) is 2.49. The van der Waals surface area contributed by atoms with Crippen molar-refractivity contribution in [3.05, 3.63) is 23.8 Å². The van der Waals surface area contributed by atoms with E-state index < -0.39 is 27.8 Å². The van der Waals surface area contributed by atoms with Gasteiger partial charge in [0.05, 0.1) is 17.6 Å². The Hall–Kier alpha value is -2.09. The summed E-state index contributed by atoms with van der Waals surface area (Å²) in [6.07, 6.45) is 1.59. The van der Waals surface area contributed by atoms with Crippen LogP contribution in [-0.4, -0.2) is 44.8 Å². The van der Waals surface area contributed by atoms with Crippen molar-refractivity contribution in [1.29, 1.82) is 0 Å². The molecule has 0 aromatic heterocycles.